The first-order valence-corrected chi connectivity index (χ1v) is 12.6. The number of nitrogens with zero attached hydrogens (tertiary/aromatic N) is 2. The fourth-order valence-corrected chi connectivity index (χ4v) is 4.59. The zero-order valence-corrected chi connectivity index (χ0v) is 22.0. The minimum atomic E-state index is -1.38. The average Bonchev–Trinajstić information content (AvgIpc) is 3.14. The number of aliphatic carboxylic acids is 1. The van der Waals surface area contributed by atoms with Gasteiger partial charge in [-0.05, 0) is 61.5 Å². The van der Waals surface area contributed by atoms with Gasteiger partial charge < -0.3 is 26.0 Å². The highest BCUT2D eigenvalue weighted by atomic mass is 16.4. The number of aromatic nitrogens is 2. The van der Waals surface area contributed by atoms with E-state index in [0.717, 1.165) is 16.7 Å². The van der Waals surface area contributed by atoms with Crippen molar-refractivity contribution in [3.05, 3.63) is 103 Å². The number of carboxylic acids is 1. The summed E-state index contributed by atoms with van der Waals surface area (Å²) in [7, 11) is 3.47. The zero-order valence-electron chi connectivity index (χ0n) is 22.0. The van der Waals surface area contributed by atoms with E-state index >= 15 is 0 Å². The molecule has 5 N–H and O–H groups in total. The van der Waals surface area contributed by atoms with Gasteiger partial charge in [-0.25, -0.2) is 14.2 Å². The lowest BCUT2D eigenvalue weighted by Crippen LogP contribution is -2.42. The Bertz CT molecular complexity index is 1610. The molecule has 1 amide bonds. The Hall–Kier alpha value is -4.90. The van der Waals surface area contributed by atoms with E-state index in [9.17, 15) is 34.5 Å². The van der Waals surface area contributed by atoms with Gasteiger partial charge in [0.1, 0.15) is 23.1 Å². The van der Waals surface area contributed by atoms with Crippen molar-refractivity contribution in [2.24, 2.45) is 7.05 Å². The van der Waals surface area contributed by atoms with Crippen LogP contribution in [-0.4, -0.2) is 56.0 Å². The van der Waals surface area contributed by atoms with Crippen molar-refractivity contribution in [2.45, 2.75) is 25.3 Å². The van der Waals surface area contributed by atoms with E-state index in [4.69, 9.17) is 0 Å². The van der Waals surface area contributed by atoms with E-state index in [0.29, 0.717) is 35.3 Å². The van der Waals surface area contributed by atoms with E-state index < -0.39 is 46.2 Å². The van der Waals surface area contributed by atoms with Crippen LogP contribution in [0.5, 0.6) is 11.5 Å². The number of amides is 1. The third-order valence-electron chi connectivity index (χ3n) is 6.75. The molecule has 1 aliphatic rings. The van der Waals surface area contributed by atoms with Gasteiger partial charge >= 0.3 is 11.7 Å². The summed E-state index contributed by atoms with van der Waals surface area (Å²) in [5, 5.41) is 34.9. The van der Waals surface area contributed by atoms with Crippen LogP contribution >= 0.6 is 0 Å². The van der Waals surface area contributed by atoms with Gasteiger partial charge in [-0.2, -0.15) is 0 Å². The Labute approximate surface area is 229 Å². The SMILES string of the molecule is CNCCC1=Cc2c(n(C)c(=O)n(-c3ccc(C[C@H](NC(=O)c4c(O)cccc4O)C(=O)O)cc3)c2=O)CC=C1. The lowest BCUT2D eigenvalue weighted by Gasteiger charge is -2.17. The van der Waals surface area contributed by atoms with Gasteiger partial charge in [-0.3, -0.25) is 14.2 Å². The Morgan fingerprint density at radius 1 is 1.05 bits per heavy atom. The second kappa shape index (κ2) is 11.9. The average molecular weight is 547 g/mol. The van der Waals surface area contributed by atoms with Crippen LogP contribution < -0.4 is 21.9 Å². The number of rotatable bonds is 9. The normalized spacial score (nSPS) is 13.2. The topological polar surface area (TPSA) is 163 Å². The summed E-state index contributed by atoms with van der Waals surface area (Å²) >= 11 is 0. The lowest BCUT2D eigenvalue weighted by atomic mass is 10.0. The summed E-state index contributed by atoms with van der Waals surface area (Å²) in [4.78, 5) is 51.2. The number of carbonyl (C=O) groups excluding carboxylic acids is 1. The number of nitrogens with one attached hydrogen (secondary N) is 2. The fraction of sp³-hybridized carbons (Fsp3) is 0.241. The van der Waals surface area contributed by atoms with E-state index in [1.54, 1.807) is 31.3 Å². The van der Waals surface area contributed by atoms with Crippen molar-refractivity contribution in [3.63, 3.8) is 0 Å². The van der Waals surface area contributed by atoms with Crippen LogP contribution in [0.4, 0.5) is 0 Å². The summed E-state index contributed by atoms with van der Waals surface area (Å²) in [6.07, 6.45) is 6.73. The number of aromatic hydroxyl groups is 2. The quantitative estimate of drug-likeness (QED) is 0.270. The first-order valence-electron chi connectivity index (χ1n) is 12.6. The highest BCUT2D eigenvalue weighted by molar-refractivity contribution is 6.01. The molecule has 2 aromatic carbocycles. The minimum absolute atomic E-state index is 0.129. The Morgan fingerprint density at radius 2 is 1.73 bits per heavy atom. The molecule has 0 unspecified atom stereocenters. The van der Waals surface area contributed by atoms with Gasteiger partial charge in [-0.15, -0.1) is 0 Å². The van der Waals surface area contributed by atoms with Crippen LogP contribution in [0.25, 0.3) is 11.8 Å². The lowest BCUT2D eigenvalue weighted by molar-refractivity contribution is -0.139. The molecular formula is C29H30N4O7. The van der Waals surface area contributed by atoms with Gasteiger partial charge in [-0.1, -0.05) is 30.4 Å². The largest absolute Gasteiger partial charge is 0.507 e. The number of allylic oxidation sites excluding steroid dienone is 2. The van der Waals surface area contributed by atoms with Gasteiger partial charge in [0.2, 0.25) is 0 Å². The highest BCUT2D eigenvalue weighted by Crippen LogP contribution is 2.26. The molecule has 0 saturated carbocycles. The smallest absolute Gasteiger partial charge is 0.335 e. The molecule has 0 spiro atoms. The molecule has 0 bridgehead atoms. The summed E-state index contributed by atoms with van der Waals surface area (Å²) in [5.41, 5.74) is 1.46. The first kappa shape index (κ1) is 28.1. The molecule has 0 fully saturated rings. The third-order valence-corrected chi connectivity index (χ3v) is 6.75. The van der Waals surface area contributed by atoms with E-state index in [2.05, 4.69) is 10.6 Å². The Kier molecular flexibility index (Phi) is 8.34. The number of hydrogen-bond acceptors (Lipinski definition) is 7. The molecule has 11 nitrogen and oxygen atoms in total. The van der Waals surface area contributed by atoms with Crippen molar-refractivity contribution in [2.75, 3.05) is 13.6 Å². The molecule has 1 aromatic heterocycles. The predicted octanol–water partition coefficient (Wildman–Crippen LogP) is 1.48. The molecule has 0 aliphatic heterocycles. The number of phenols is 2. The first-order chi connectivity index (χ1) is 19.1. The molecule has 208 valence electrons. The van der Waals surface area contributed by atoms with Crippen LogP contribution in [0, 0.1) is 0 Å². The van der Waals surface area contributed by atoms with Crippen molar-refractivity contribution < 1.29 is 24.9 Å². The van der Waals surface area contributed by atoms with Crippen LogP contribution in [0.3, 0.4) is 0 Å². The second-order valence-electron chi connectivity index (χ2n) is 9.43. The molecule has 4 rings (SSSR count). The maximum atomic E-state index is 13.5. The summed E-state index contributed by atoms with van der Waals surface area (Å²) in [6, 6.07) is 8.59. The van der Waals surface area contributed by atoms with Crippen LogP contribution in [0.2, 0.25) is 0 Å². The molecule has 40 heavy (non-hydrogen) atoms. The number of carbonyl (C=O) groups is 2. The van der Waals surface area contributed by atoms with Gasteiger partial charge in [0.15, 0.2) is 0 Å². The van der Waals surface area contributed by atoms with Gasteiger partial charge in [0, 0.05) is 25.6 Å². The maximum absolute atomic E-state index is 13.5. The predicted molar refractivity (Wildman–Crippen MR) is 149 cm³/mol. The second-order valence-corrected chi connectivity index (χ2v) is 9.43. The summed E-state index contributed by atoms with van der Waals surface area (Å²) in [5.74, 6) is -3.24. The molecule has 0 saturated heterocycles. The molecule has 3 aromatic rings. The number of phenolic OH excluding ortho intramolecular Hbond substituents is 2. The number of hydrogen-bond donors (Lipinski definition) is 5. The van der Waals surface area contributed by atoms with E-state index in [-0.39, 0.29) is 6.42 Å². The van der Waals surface area contributed by atoms with E-state index in [1.807, 2.05) is 25.3 Å². The number of carboxylic acid groups (broad SMARTS) is 1. The van der Waals surface area contributed by atoms with Crippen LogP contribution in [0.15, 0.2) is 69.8 Å². The number of benzene rings is 2. The van der Waals surface area contributed by atoms with Crippen molar-refractivity contribution in [3.8, 4) is 17.2 Å². The van der Waals surface area contributed by atoms with Gasteiger partial charge in [0.05, 0.1) is 11.3 Å². The summed E-state index contributed by atoms with van der Waals surface area (Å²) < 4.78 is 2.54. The monoisotopic (exact) mass is 546 g/mol. The van der Waals surface area contributed by atoms with Crippen molar-refractivity contribution in [1.82, 2.24) is 19.8 Å². The van der Waals surface area contributed by atoms with Crippen LogP contribution in [0.1, 0.15) is 33.6 Å². The van der Waals surface area contributed by atoms with E-state index in [1.165, 1.54) is 22.8 Å². The molecular weight excluding hydrogens is 516 g/mol. The fourth-order valence-electron chi connectivity index (χ4n) is 4.59. The van der Waals surface area contributed by atoms with Gasteiger partial charge in [0.25, 0.3) is 11.5 Å². The molecule has 1 atom stereocenters. The van der Waals surface area contributed by atoms with Crippen molar-refractivity contribution >= 4 is 18.0 Å². The minimum Gasteiger partial charge on any atom is -0.507 e. The van der Waals surface area contributed by atoms with Crippen LogP contribution in [-0.2, 0) is 24.7 Å². The standard InChI is InChI=1S/C29H30N4O7/c1-30-14-13-17-5-3-6-22-20(15-17)27(37)33(29(40)32(22)2)19-11-9-18(10-12-19)16-21(28(38)39)31-26(36)25-23(34)7-4-8-24(25)35/h3-5,7-12,15,21,30,34-35H,6,13-14,16H2,1-2H3,(H,31,36)(H,38,39)/t21-/m0/s1. The molecule has 11 heteroatoms. The highest BCUT2D eigenvalue weighted by Gasteiger charge is 2.25. The zero-order chi connectivity index (χ0) is 29.0. The summed E-state index contributed by atoms with van der Waals surface area (Å²) in [6.45, 7) is 0.735. The molecule has 1 heterocycles. The Morgan fingerprint density at radius 3 is 2.35 bits per heavy atom. The molecule has 1 aliphatic carbocycles. The number of fused-ring (bicyclic) bond motifs is 1. The third kappa shape index (κ3) is 5.74. The Balaban J connectivity index is 1.62. The molecule has 0 radical (unpaired) electrons. The van der Waals surface area contributed by atoms with Crippen molar-refractivity contribution in [1.29, 1.82) is 0 Å². The maximum Gasteiger partial charge on any atom is 0.335 e.